The molecule has 2 aromatic carbocycles. The van der Waals surface area contributed by atoms with Crippen LogP contribution in [0, 0.1) is 0 Å². The van der Waals surface area contributed by atoms with E-state index in [-0.39, 0.29) is 11.8 Å². The molecule has 1 aliphatic carbocycles. The molecule has 1 fully saturated rings. The van der Waals surface area contributed by atoms with Gasteiger partial charge < -0.3 is 14.6 Å². The maximum atomic E-state index is 13.0. The summed E-state index contributed by atoms with van der Waals surface area (Å²) in [6.45, 7) is 4.94. The quantitative estimate of drug-likeness (QED) is 0.657. The van der Waals surface area contributed by atoms with E-state index in [0.29, 0.717) is 36.3 Å². The predicted octanol–water partition coefficient (Wildman–Crippen LogP) is 3.62. The van der Waals surface area contributed by atoms with E-state index in [1.54, 1.807) is 17.0 Å². The van der Waals surface area contributed by atoms with Crippen LogP contribution in [0.3, 0.4) is 0 Å². The number of rotatable bonds is 6. The normalized spacial score (nSPS) is 17.4. The highest BCUT2D eigenvalue weighted by Crippen LogP contribution is 2.43. The number of nitrogens with one attached hydrogen (secondary N) is 2. The van der Waals surface area contributed by atoms with Gasteiger partial charge in [-0.25, -0.2) is 4.98 Å². The fraction of sp³-hybridized carbons (Fsp3) is 0.348. The molecule has 0 atom stereocenters. The van der Waals surface area contributed by atoms with Crippen LogP contribution in [0.5, 0.6) is 0 Å². The number of anilines is 2. The number of amides is 2. The number of carbonyl (C=O) groups excluding carboxylic acids is 2. The highest BCUT2D eigenvalue weighted by molar-refractivity contribution is 6.10. The van der Waals surface area contributed by atoms with Crippen molar-refractivity contribution in [1.29, 1.82) is 0 Å². The molecule has 1 aromatic heterocycles. The van der Waals surface area contributed by atoms with Crippen LogP contribution in [-0.2, 0) is 14.9 Å². The molecule has 7 nitrogen and oxygen atoms in total. The third-order valence-electron chi connectivity index (χ3n) is 5.80. The average Bonchev–Trinajstić information content (AvgIpc) is 3.44. The van der Waals surface area contributed by atoms with Gasteiger partial charge in [-0.1, -0.05) is 18.2 Å². The fourth-order valence-corrected chi connectivity index (χ4v) is 3.93. The van der Waals surface area contributed by atoms with Crippen molar-refractivity contribution in [2.75, 3.05) is 23.4 Å². The highest BCUT2D eigenvalue weighted by Gasteiger charge is 2.44. The second kappa shape index (κ2) is 6.95. The minimum atomic E-state index is -0.629. The summed E-state index contributed by atoms with van der Waals surface area (Å²) in [7, 11) is 0. The lowest BCUT2D eigenvalue weighted by atomic mass is 9.86. The maximum Gasteiger partial charge on any atom is 0.257 e. The Morgan fingerprint density at radius 2 is 2.03 bits per heavy atom. The van der Waals surface area contributed by atoms with Crippen molar-refractivity contribution < 1.29 is 14.3 Å². The van der Waals surface area contributed by atoms with Gasteiger partial charge in [-0.2, -0.15) is 0 Å². The minimum Gasteiger partial charge on any atom is -0.376 e. The summed E-state index contributed by atoms with van der Waals surface area (Å²) in [6, 6.07) is 12.9. The Hall–Kier alpha value is -3.19. The van der Waals surface area contributed by atoms with Crippen molar-refractivity contribution in [3.8, 4) is 0 Å². The minimum absolute atomic E-state index is 0.0714. The third kappa shape index (κ3) is 3.25. The van der Waals surface area contributed by atoms with E-state index in [9.17, 15) is 9.59 Å². The van der Waals surface area contributed by atoms with Crippen LogP contribution in [0.15, 0.2) is 42.5 Å². The second-order valence-corrected chi connectivity index (χ2v) is 8.44. The van der Waals surface area contributed by atoms with Gasteiger partial charge in [-0.05, 0) is 56.5 Å². The van der Waals surface area contributed by atoms with Gasteiger partial charge in [-0.3, -0.25) is 14.9 Å². The molecule has 7 heteroatoms. The van der Waals surface area contributed by atoms with Crippen LogP contribution in [0.25, 0.3) is 11.0 Å². The number of aromatic nitrogens is 2. The third-order valence-corrected chi connectivity index (χ3v) is 5.80. The molecular weight excluding hydrogens is 380 g/mol. The molecule has 0 spiro atoms. The molecule has 0 bridgehead atoms. The lowest BCUT2D eigenvalue weighted by Gasteiger charge is -2.20. The molecule has 2 N–H and O–H groups in total. The van der Waals surface area contributed by atoms with Crippen LogP contribution in [0.2, 0.25) is 0 Å². The zero-order chi connectivity index (χ0) is 20.9. The molecule has 1 saturated carbocycles. The molecule has 0 saturated heterocycles. The van der Waals surface area contributed by atoms with Gasteiger partial charge in [-0.15, -0.1) is 0 Å². The van der Waals surface area contributed by atoms with Gasteiger partial charge in [0.1, 0.15) is 0 Å². The van der Waals surface area contributed by atoms with Crippen molar-refractivity contribution in [1.82, 2.24) is 9.97 Å². The summed E-state index contributed by atoms with van der Waals surface area (Å²) in [6.07, 6.45) is 2.59. The van der Waals surface area contributed by atoms with E-state index < -0.39 is 5.41 Å². The summed E-state index contributed by atoms with van der Waals surface area (Å²) in [5, 5.41) is 2.81. The lowest BCUT2D eigenvalue weighted by molar-refractivity contribution is -0.122. The molecule has 2 amide bonds. The van der Waals surface area contributed by atoms with Gasteiger partial charge in [0.15, 0.2) is 0 Å². The van der Waals surface area contributed by atoms with E-state index in [0.717, 1.165) is 29.6 Å². The zero-order valence-corrected chi connectivity index (χ0v) is 17.1. The lowest BCUT2D eigenvalue weighted by Crippen LogP contribution is -2.38. The molecule has 154 valence electrons. The first kappa shape index (κ1) is 18.8. The fourth-order valence-electron chi connectivity index (χ4n) is 3.93. The Morgan fingerprint density at radius 3 is 2.77 bits per heavy atom. The SMILES string of the molecule is CC1(C)C(=O)N(CCOC2CC2)c2cc3[nH]c(NC(=O)c4ccccc4)nc3cc21. The number of benzene rings is 2. The molecule has 0 unspecified atom stereocenters. The molecule has 3 aromatic rings. The first-order chi connectivity index (χ1) is 14.4. The Morgan fingerprint density at radius 1 is 1.27 bits per heavy atom. The summed E-state index contributed by atoms with van der Waals surface area (Å²) in [4.78, 5) is 34.9. The predicted molar refractivity (Wildman–Crippen MR) is 115 cm³/mol. The van der Waals surface area contributed by atoms with Crippen molar-refractivity contribution >= 4 is 34.5 Å². The second-order valence-electron chi connectivity index (χ2n) is 8.44. The van der Waals surface area contributed by atoms with Crippen LogP contribution in [-0.4, -0.2) is 41.0 Å². The number of aromatic amines is 1. The van der Waals surface area contributed by atoms with Gasteiger partial charge in [0.05, 0.1) is 34.8 Å². The van der Waals surface area contributed by atoms with E-state index in [4.69, 9.17) is 4.74 Å². The first-order valence-electron chi connectivity index (χ1n) is 10.3. The van der Waals surface area contributed by atoms with E-state index >= 15 is 0 Å². The number of imidazole rings is 1. The number of ether oxygens (including phenoxy) is 1. The van der Waals surface area contributed by atoms with Crippen molar-refractivity contribution in [2.24, 2.45) is 0 Å². The molecule has 2 heterocycles. The summed E-state index contributed by atoms with van der Waals surface area (Å²) >= 11 is 0. The number of hydrogen-bond donors (Lipinski definition) is 2. The topological polar surface area (TPSA) is 87.3 Å². The molecule has 1 aliphatic heterocycles. The number of hydrogen-bond acceptors (Lipinski definition) is 4. The number of carbonyl (C=O) groups is 2. The van der Waals surface area contributed by atoms with E-state index in [1.807, 2.05) is 44.2 Å². The Balaban J connectivity index is 1.43. The summed E-state index contributed by atoms with van der Waals surface area (Å²) in [5.41, 5.74) is 3.24. The Bertz CT molecular complexity index is 1130. The standard InChI is InChI=1S/C23H24N4O3/c1-23(2)16-12-17-18(13-19(16)27(21(23)29)10-11-30-15-8-9-15)25-22(24-17)26-20(28)14-6-4-3-5-7-14/h3-7,12-13,15H,8-11H2,1-2H3,(H2,24,25,26,28). The average molecular weight is 404 g/mol. The number of fused-ring (bicyclic) bond motifs is 2. The number of nitrogens with zero attached hydrogens (tertiary/aromatic N) is 2. The monoisotopic (exact) mass is 404 g/mol. The maximum absolute atomic E-state index is 13.0. The first-order valence-corrected chi connectivity index (χ1v) is 10.3. The molecule has 0 radical (unpaired) electrons. The van der Waals surface area contributed by atoms with E-state index in [1.165, 1.54) is 0 Å². The smallest absolute Gasteiger partial charge is 0.257 e. The van der Waals surface area contributed by atoms with Gasteiger partial charge in [0, 0.05) is 12.1 Å². The van der Waals surface area contributed by atoms with Gasteiger partial charge in [0.2, 0.25) is 11.9 Å². The van der Waals surface area contributed by atoms with Gasteiger partial charge in [0.25, 0.3) is 5.91 Å². The van der Waals surface area contributed by atoms with E-state index in [2.05, 4.69) is 15.3 Å². The van der Waals surface area contributed by atoms with Gasteiger partial charge >= 0.3 is 0 Å². The van der Waals surface area contributed by atoms with Crippen LogP contribution < -0.4 is 10.2 Å². The van der Waals surface area contributed by atoms with Crippen molar-refractivity contribution in [3.63, 3.8) is 0 Å². The molecule has 30 heavy (non-hydrogen) atoms. The molecule has 5 rings (SSSR count). The summed E-state index contributed by atoms with van der Waals surface area (Å²) < 4.78 is 5.76. The Labute approximate surface area is 174 Å². The molecule has 2 aliphatic rings. The van der Waals surface area contributed by atoms with Crippen LogP contribution in [0.1, 0.15) is 42.6 Å². The number of H-pyrrole nitrogens is 1. The van der Waals surface area contributed by atoms with Crippen LogP contribution in [0.4, 0.5) is 11.6 Å². The highest BCUT2D eigenvalue weighted by atomic mass is 16.5. The Kier molecular flexibility index (Phi) is 4.36. The summed E-state index contributed by atoms with van der Waals surface area (Å²) in [5.74, 6) is 0.231. The zero-order valence-electron chi connectivity index (χ0n) is 17.1. The van der Waals surface area contributed by atoms with Crippen molar-refractivity contribution in [3.05, 3.63) is 53.6 Å². The van der Waals surface area contributed by atoms with Crippen molar-refractivity contribution in [2.45, 2.75) is 38.2 Å². The largest absolute Gasteiger partial charge is 0.376 e. The van der Waals surface area contributed by atoms with Crippen LogP contribution >= 0.6 is 0 Å². The molecular formula is C23H24N4O3.